The topological polar surface area (TPSA) is 140 Å². The fourth-order valence-electron chi connectivity index (χ4n) is 6.64. The van der Waals surface area contributed by atoms with Crippen molar-refractivity contribution in [1.82, 2.24) is 14.5 Å². The number of carboxylic acids is 1. The van der Waals surface area contributed by atoms with Gasteiger partial charge in [-0.1, -0.05) is 75.3 Å². The third-order valence-electron chi connectivity index (χ3n) is 12.7. The number of aliphatic carboxylic acids is 1. The third kappa shape index (κ3) is 13.5. The largest absolute Gasteiger partial charge is 0.481 e. The third-order valence-corrected chi connectivity index (χ3v) is 21.6. The van der Waals surface area contributed by atoms with Crippen LogP contribution in [0.5, 0.6) is 0 Å². The number of ketones is 1. The lowest BCUT2D eigenvalue weighted by Crippen LogP contribution is -2.54. The average Bonchev–Trinajstić information content (AvgIpc) is 3.33. The van der Waals surface area contributed by atoms with Crippen molar-refractivity contribution < 1.29 is 38.2 Å². The van der Waals surface area contributed by atoms with E-state index in [1.807, 2.05) is 78.3 Å². The summed E-state index contributed by atoms with van der Waals surface area (Å²) in [4.78, 5) is 46.7. The van der Waals surface area contributed by atoms with E-state index >= 15 is 0 Å². The molecular formula is C44H79N3O8Si2. The second kappa shape index (κ2) is 18.8. The van der Waals surface area contributed by atoms with Gasteiger partial charge >= 0.3 is 12.1 Å². The van der Waals surface area contributed by atoms with Crippen molar-refractivity contribution in [3.8, 4) is 0 Å². The van der Waals surface area contributed by atoms with Crippen molar-refractivity contribution >= 4 is 45.5 Å². The number of aromatic nitrogens is 2. The van der Waals surface area contributed by atoms with Crippen LogP contribution in [0.2, 0.25) is 36.3 Å². The van der Waals surface area contributed by atoms with Crippen LogP contribution in [0.4, 0.5) is 4.79 Å². The Morgan fingerprint density at radius 2 is 1.40 bits per heavy atom. The SMILES string of the molecule is Cc1nc2cc(C(O)CCN(CCC[C@H](C)[C@H](O[Si](C)(C)C(C)(C)C)[C@@H](C)C(=O)C(C)(C)[C@H](CC(=O)O)O[Si](C)(C)C(C)(C)C)C(=O)OC(C)(C)C)ccc2n1C. The number of amides is 1. The van der Waals surface area contributed by atoms with E-state index < -0.39 is 63.9 Å². The summed E-state index contributed by atoms with van der Waals surface area (Å²) in [5, 5.41) is 20.9. The molecule has 0 fully saturated rings. The molecule has 1 amide bonds. The van der Waals surface area contributed by atoms with Gasteiger partial charge in [-0.05, 0) is 107 Å². The molecule has 2 rings (SSSR count). The van der Waals surface area contributed by atoms with Gasteiger partial charge in [-0.15, -0.1) is 0 Å². The van der Waals surface area contributed by atoms with Crippen LogP contribution < -0.4 is 0 Å². The Morgan fingerprint density at radius 3 is 1.91 bits per heavy atom. The Morgan fingerprint density at radius 1 is 0.860 bits per heavy atom. The number of Topliss-reactive ketones (excluding diaryl/α,β-unsaturated/α-hetero) is 1. The Labute approximate surface area is 346 Å². The van der Waals surface area contributed by atoms with Gasteiger partial charge in [0.1, 0.15) is 17.2 Å². The van der Waals surface area contributed by atoms with Gasteiger partial charge in [0, 0.05) is 31.5 Å². The highest BCUT2D eigenvalue weighted by molar-refractivity contribution is 6.74. The molecule has 0 aliphatic heterocycles. The number of carbonyl (C=O) groups is 3. The summed E-state index contributed by atoms with van der Waals surface area (Å²) < 4.78 is 21.7. The van der Waals surface area contributed by atoms with Crippen molar-refractivity contribution in [1.29, 1.82) is 0 Å². The minimum absolute atomic E-state index is 0.0762. The maximum Gasteiger partial charge on any atom is 0.410 e. The van der Waals surface area contributed by atoms with Gasteiger partial charge in [0.15, 0.2) is 16.6 Å². The standard InChI is InChI=1S/C44H79N3O8Si2/c1-29(21-20-25-47(40(52)53-41(4,5)6)26-24-35(48)32-22-23-34-33(27-32)45-31(3)46(34)15)38(55-57(18,19)43(10,11)12)30(2)39(51)44(13,14)36(28-37(49)50)54-56(16,17)42(7,8)9/h22-23,27,29-30,35-36,38,48H,20-21,24-26,28H2,1-19H3,(H,49,50)/t29-,30+,35?,36-,38-/m0/s1. The Kier molecular flexibility index (Phi) is 16.6. The summed E-state index contributed by atoms with van der Waals surface area (Å²) in [5.41, 5.74) is 0.751. The first-order valence-corrected chi connectivity index (χ1v) is 26.7. The first-order valence-electron chi connectivity index (χ1n) is 20.8. The van der Waals surface area contributed by atoms with Crippen LogP contribution in [0, 0.1) is 24.2 Å². The molecule has 0 saturated heterocycles. The highest BCUT2D eigenvalue weighted by Gasteiger charge is 2.50. The number of nitrogens with zero attached hydrogens (tertiary/aromatic N) is 3. The fourth-order valence-corrected chi connectivity index (χ4v) is 9.55. The number of ether oxygens (including phenoxy) is 1. The van der Waals surface area contributed by atoms with E-state index in [-0.39, 0.29) is 34.7 Å². The van der Waals surface area contributed by atoms with Gasteiger partial charge in [0.05, 0.1) is 35.8 Å². The van der Waals surface area contributed by atoms with Crippen molar-refractivity contribution in [2.24, 2.45) is 24.3 Å². The molecule has 1 unspecified atom stereocenters. The molecule has 0 spiro atoms. The first kappa shape index (κ1) is 50.6. The Balaban J connectivity index is 2.37. The van der Waals surface area contributed by atoms with Crippen LogP contribution in [-0.4, -0.2) is 90.0 Å². The van der Waals surface area contributed by atoms with Gasteiger partial charge in [-0.2, -0.15) is 0 Å². The summed E-state index contributed by atoms with van der Waals surface area (Å²) >= 11 is 0. The lowest BCUT2D eigenvalue weighted by Gasteiger charge is -2.46. The maximum absolute atomic E-state index is 14.7. The van der Waals surface area contributed by atoms with Crippen LogP contribution in [0.25, 0.3) is 11.0 Å². The summed E-state index contributed by atoms with van der Waals surface area (Å²) in [6.07, 6.45) is -1.17. The summed E-state index contributed by atoms with van der Waals surface area (Å²) in [5.74, 6) is -0.819. The van der Waals surface area contributed by atoms with Gasteiger partial charge in [0.25, 0.3) is 0 Å². The summed E-state index contributed by atoms with van der Waals surface area (Å²) in [7, 11) is -2.86. The minimum atomic E-state index is -2.44. The van der Waals surface area contributed by atoms with Gasteiger partial charge in [-0.25, -0.2) is 9.78 Å². The molecule has 0 radical (unpaired) electrons. The number of aryl methyl sites for hydroxylation is 2. The fraction of sp³-hybridized carbons (Fsp3) is 0.773. The lowest BCUT2D eigenvalue weighted by molar-refractivity contribution is -0.146. The molecule has 2 N–H and O–H groups in total. The van der Waals surface area contributed by atoms with Crippen LogP contribution >= 0.6 is 0 Å². The minimum Gasteiger partial charge on any atom is -0.481 e. The number of benzene rings is 1. The molecular weight excluding hydrogens is 755 g/mol. The number of hydrogen-bond acceptors (Lipinski definition) is 8. The van der Waals surface area contributed by atoms with E-state index in [9.17, 15) is 24.6 Å². The molecule has 0 saturated carbocycles. The smallest absolute Gasteiger partial charge is 0.410 e. The van der Waals surface area contributed by atoms with Gasteiger partial charge < -0.3 is 33.3 Å². The van der Waals surface area contributed by atoms with E-state index in [0.717, 1.165) is 22.4 Å². The van der Waals surface area contributed by atoms with E-state index in [4.69, 9.17) is 13.6 Å². The summed E-state index contributed by atoms with van der Waals surface area (Å²) in [6, 6.07) is 5.77. The first-order chi connectivity index (χ1) is 25.6. The zero-order valence-corrected chi connectivity index (χ0v) is 41.0. The van der Waals surface area contributed by atoms with E-state index in [0.29, 0.717) is 25.8 Å². The number of hydrogen-bond donors (Lipinski definition) is 2. The van der Waals surface area contributed by atoms with Crippen LogP contribution in [0.1, 0.15) is 133 Å². The molecule has 11 nitrogen and oxygen atoms in total. The molecule has 13 heteroatoms. The number of aliphatic hydroxyl groups is 1. The summed E-state index contributed by atoms with van der Waals surface area (Å²) in [6.45, 7) is 37.2. The monoisotopic (exact) mass is 834 g/mol. The normalized spacial score (nSPS) is 16.2. The van der Waals surface area contributed by atoms with E-state index in [1.54, 1.807) is 4.90 Å². The predicted octanol–water partition coefficient (Wildman–Crippen LogP) is 10.4. The molecule has 57 heavy (non-hydrogen) atoms. The maximum atomic E-state index is 14.7. The molecule has 1 aromatic heterocycles. The highest BCUT2D eigenvalue weighted by Crippen LogP contribution is 2.44. The molecule has 1 heterocycles. The van der Waals surface area contributed by atoms with Crippen LogP contribution in [0.15, 0.2) is 18.2 Å². The number of rotatable bonds is 19. The molecule has 5 atom stereocenters. The van der Waals surface area contributed by atoms with E-state index in [2.05, 4.69) is 79.6 Å². The van der Waals surface area contributed by atoms with Gasteiger partial charge in [-0.3, -0.25) is 9.59 Å². The van der Waals surface area contributed by atoms with Crippen LogP contribution in [0.3, 0.4) is 0 Å². The molecule has 1 aromatic carbocycles. The van der Waals surface area contributed by atoms with Crippen LogP contribution in [-0.2, 0) is 30.2 Å². The number of carboxylic acid groups (broad SMARTS) is 1. The Bertz CT molecular complexity index is 1680. The lowest BCUT2D eigenvalue weighted by atomic mass is 9.73. The quantitative estimate of drug-likeness (QED) is 0.132. The average molecular weight is 834 g/mol. The number of fused-ring (bicyclic) bond motifs is 1. The van der Waals surface area contributed by atoms with E-state index in [1.165, 1.54) is 0 Å². The number of carbonyl (C=O) groups excluding carboxylic acids is 2. The molecule has 0 aliphatic rings. The Hall–Kier alpha value is -2.59. The zero-order chi connectivity index (χ0) is 44.3. The van der Waals surface area contributed by atoms with Gasteiger partial charge in [0.2, 0.25) is 0 Å². The highest BCUT2D eigenvalue weighted by atomic mass is 28.4. The van der Waals surface area contributed by atoms with Crippen molar-refractivity contribution in [3.05, 3.63) is 29.6 Å². The number of aliphatic hydroxyl groups excluding tert-OH is 1. The van der Waals surface area contributed by atoms with Crippen molar-refractivity contribution in [2.45, 2.75) is 183 Å². The predicted molar refractivity (Wildman–Crippen MR) is 236 cm³/mol. The second-order valence-electron chi connectivity index (χ2n) is 21.0. The van der Waals surface area contributed by atoms with Crippen molar-refractivity contribution in [3.63, 3.8) is 0 Å². The molecule has 0 aliphatic carbocycles. The molecule has 326 valence electrons. The zero-order valence-electron chi connectivity index (χ0n) is 39.0. The molecule has 0 bridgehead atoms. The second-order valence-corrected chi connectivity index (χ2v) is 30.6. The van der Waals surface area contributed by atoms with Crippen molar-refractivity contribution in [2.75, 3.05) is 13.1 Å². The molecule has 2 aromatic rings. The number of imidazole rings is 1.